The Hall–Kier alpha value is -1.90. The molecule has 0 radical (unpaired) electrons. The van der Waals surface area contributed by atoms with Crippen molar-refractivity contribution in [1.29, 1.82) is 0 Å². The second kappa shape index (κ2) is 7.63. The summed E-state index contributed by atoms with van der Waals surface area (Å²) >= 11 is 0. The second-order valence-corrected chi connectivity index (χ2v) is 4.55. The summed E-state index contributed by atoms with van der Waals surface area (Å²) in [6, 6.07) is 19.6. The highest BCUT2D eigenvalue weighted by Gasteiger charge is 2.18. The molecule has 0 fully saturated rings. The zero-order chi connectivity index (χ0) is 14.2. The van der Waals surface area contributed by atoms with Gasteiger partial charge in [-0.05, 0) is 18.1 Å². The van der Waals surface area contributed by atoms with E-state index in [2.05, 4.69) is 0 Å². The van der Waals surface area contributed by atoms with Gasteiger partial charge in [0.1, 0.15) is 12.2 Å². The fourth-order valence-electron chi connectivity index (χ4n) is 2.05. The predicted molar refractivity (Wildman–Crippen MR) is 82.3 cm³/mol. The molecule has 0 unspecified atom stereocenters. The normalized spacial score (nSPS) is 14.3. The molecule has 0 aliphatic heterocycles. The van der Waals surface area contributed by atoms with Crippen molar-refractivity contribution < 1.29 is 9.84 Å². The van der Waals surface area contributed by atoms with Crippen molar-refractivity contribution in [3.63, 3.8) is 0 Å². The van der Waals surface area contributed by atoms with Gasteiger partial charge in [-0.1, -0.05) is 72.8 Å². The van der Waals surface area contributed by atoms with Crippen molar-refractivity contribution in [1.82, 2.24) is 0 Å². The Labute approximate surface area is 120 Å². The van der Waals surface area contributed by atoms with Crippen LogP contribution in [0.25, 0.3) is 6.08 Å². The lowest BCUT2D eigenvalue weighted by molar-refractivity contribution is -0.00531. The molecule has 0 heterocycles. The van der Waals surface area contributed by atoms with Gasteiger partial charge in [0.05, 0.1) is 0 Å². The monoisotopic (exact) mass is 268 g/mol. The summed E-state index contributed by atoms with van der Waals surface area (Å²) < 4.78 is 5.64. The minimum Gasteiger partial charge on any atom is -0.385 e. The Morgan fingerprint density at radius 3 is 2.20 bits per heavy atom. The zero-order valence-corrected chi connectivity index (χ0v) is 11.6. The first-order chi connectivity index (χ1) is 9.81. The van der Waals surface area contributed by atoms with Gasteiger partial charge in [0.15, 0.2) is 0 Å². The van der Waals surface area contributed by atoms with Crippen LogP contribution in [0.5, 0.6) is 0 Å². The quantitative estimate of drug-likeness (QED) is 0.862. The lowest BCUT2D eigenvalue weighted by atomic mass is 10.0. The van der Waals surface area contributed by atoms with Crippen molar-refractivity contribution in [2.24, 2.45) is 0 Å². The van der Waals surface area contributed by atoms with Gasteiger partial charge in [0.25, 0.3) is 0 Å². The molecule has 0 saturated heterocycles. The molecule has 1 N–H and O–H groups in total. The number of aliphatic hydroxyl groups excluding tert-OH is 1. The molecule has 0 amide bonds. The van der Waals surface area contributed by atoms with Crippen LogP contribution in [0.4, 0.5) is 0 Å². The van der Waals surface area contributed by atoms with E-state index in [1.54, 1.807) is 0 Å². The molecule has 0 saturated carbocycles. The summed E-state index contributed by atoms with van der Waals surface area (Å²) in [6.45, 7) is 2.49. The maximum atomic E-state index is 10.4. The lowest BCUT2D eigenvalue weighted by Gasteiger charge is -2.20. The number of hydrogen-bond donors (Lipinski definition) is 1. The van der Waals surface area contributed by atoms with Crippen LogP contribution in [0.1, 0.15) is 24.2 Å². The van der Waals surface area contributed by atoms with E-state index >= 15 is 0 Å². The van der Waals surface area contributed by atoms with E-state index in [9.17, 15) is 5.11 Å². The Kier molecular flexibility index (Phi) is 5.54. The number of aliphatic hydroxyl groups is 1. The molecule has 0 spiro atoms. The number of benzene rings is 2. The lowest BCUT2D eigenvalue weighted by Crippen LogP contribution is -2.20. The number of ether oxygens (including phenoxy) is 1. The Morgan fingerprint density at radius 2 is 1.60 bits per heavy atom. The van der Waals surface area contributed by atoms with Gasteiger partial charge >= 0.3 is 0 Å². The maximum Gasteiger partial charge on any atom is 0.109 e. The molecule has 0 aromatic heterocycles. The van der Waals surface area contributed by atoms with E-state index in [0.29, 0.717) is 6.61 Å². The standard InChI is InChI=1S/C18H20O2/c1-2-20-17(14-13-15-9-5-3-6-10-15)18(19)16-11-7-4-8-12-16/h3-14,17-19H,2H2,1H3/b14-13-/t17-,18+/m0/s1. The van der Waals surface area contributed by atoms with Gasteiger partial charge in [-0.25, -0.2) is 0 Å². The van der Waals surface area contributed by atoms with Crippen LogP contribution in [0.2, 0.25) is 0 Å². The highest BCUT2D eigenvalue weighted by atomic mass is 16.5. The molecule has 0 bridgehead atoms. The van der Waals surface area contributed by atoms with E-state index in [1.165, 1.54) is 0 Å². The fraction of sp³-hybridized carbons (Fsp3) is 0.222. The van der Waals surface area contributed by atoms with Crippen LogP contribution < -0.4 is 0 Å². The van der Waals surface area contributed by atoms with Crippen LogP contribution in [0.3, 0.4) is 0 Å². The molecule has 2 atom stereocenters. The topological polar surface area (TPSA) is 29.5 Å². The average Bonchev–Trinajstić information content (AvgIpc) is 2.52. The first-order valence-corrected chi connectivity index (χ1v) is 6.89. The van der Waals surface area contributed by atoms with E-state index < -0.39 is 6.10 Å². The van der Waals surface area contributed by atoms with E-state index in [-0.39, 0.29) is 6.10 Å². The molecule has 2 heteroatoms. The second-order valence-electron chi connectivity index (χ2n) is 4.55. The smallest absolute Gasteiger partial charge is 0.109 e. The largest absolute Gasteiger partial charge is 0.385 e. The molecule has 2 nitrogen and oxygen atoms in total. The highest BCUT2D eigenvalue weighted by Crippen LogP contribution is 2.20. The average molecular weight is 268 g/mol. The van der Waals surface area contributed by atoms with Crippen LogP contribution in [-0.2, 0) is 4.74 Å². The van der Waals surface area contributed by atoms with Crippen molar-refractivity contribution in [2.45, 2.75) is 19.1 Å². The molecule has 0 aliphatic carbocycles. The summed E-state index contributed by atoms with van der Waals surface area (Å²) in [5.41, 5.74) is 1.96. The zero-order valence-electron chi connectivity index (χ0n) is 11.6. The van der Waals surface area contributed by atoms with Crippen molar-refractivity contribution in [3.05, 3.63) is 77.9 Å². The SMILES string of the molecule is CCO[C@@H](/C=C\c1ccccc1)[C@H](O)c1ccccc1. The molecule has 2 rings (SSSR count). The van der Waals surface area contributed by atoms with Gasteiger partial charge in [0, 0.05) is 6.61 Å². The Bertz CT molecular complexity index is 520. The van der Waals surface area contributed by atoms with E-state index in [0.717, 1.165) is 11.1 Å². The van der Waals surface area contributed by atoms with Gasteiger partial charge in [0.2, 0.25) is 0 Å². The fourth-order valence-corrected chi connectivity index (χ4v) is 2.05. The number of hydrogen-bond acceptors (Lipinski definition) is 2. The molecule has 0 aliphatic rings. The van der Waals surface area contributed by atoms with Crippen LogP contribution in [0, 0.1) is 0 Å². The molecule has 2 aromatic rings. The predicted octanol–water partition coefficient (Wildman–Crippen LogP) is 3.84. The highest BCUT2D eigenvalue weighted by molar-refractivity contribution is 5.49. The van der Waals surface area contributed by atoms with Gasteiger partial charge in [-0.2, -0.15) is 0 Å². The Morgan fingerprint density at radius 1 is 1.00 bits per heavy atom. The minimum absolute atomic E-state index is 0.345. The molecule has 2 aromatic carbocycles. The van der Waals surface area contributed by atoms with Crippen LogP contribution in [-0.4, -0.2) is 17.8 Å². The third-order valence-electron chi connectivity index (χ3n) is 3.09. The van der Waals surface area contributed by atoms with Crippen molar-refractivity contribution in [3.8, 4) is 0 Å². The van der Waals surface area contributed by atoms with E-state index in [4.69, 9.17) is 4.74 Å². The Balaban J connectivity index is 2.13. The van der Waals surface area contributed by atoms with Gasteiger partial charge in [-0.15, -0.1) is 0 Å². The summed E-state index contributed by atoms with van der Waals surface area (Å²) in [5, 5.41) is 10.4. The van der Waals surface area contributed by atoms with Crippen LogP contribution >= 0.6 is 0 Å². The summed E-state index contributed by atoms with van der Waals surface area (Å²) in [4.78, 5) is 0. The minimum atomic E-state index is -0.656. The third-order valence-corrected chi connectivity index (χ3v) is 3.09. The van der Waals surface area contributed by atoms with E-state index in [1.807, 2.05) is 79.7 Å². The van der Waals surface area contributed by atoms with Crippen molar-refractivity contribution >= 4 is 6.08 Å². The van der Waals surface area contributed by atoms with Crippen LogP contribution in [0.15, 0.2) is 66.7 Å². The summed E-state index contributed by atoms with van der Waals surface area (Å²) in [6.07, 6.45) is 2.89. The molecular formula is C18H20O2. The number of rotatable bonds is 6. The first kappa shape index (κ1) is 14.5. The summed E-state index contributed by atoms with van der Waals surface area (Å²) in [5.74, 6) is 0. The first-order valence-electron chi connectivity index (χ1n) is 6.89. The molecule has 20 heavy (non-hydrogen) atoms. The van der Waals surface area contributed by atoms with Gasteiger partial charge < -0.3 is 9.84 Å². The maximum absolute atomic E-state index is 10.4. The van der Waals surface area contributed by atoms with Crippen molar-refractivity contribution in [2.75, 3.05) is 6.61 Å². The third kappa shape index (κ3) is 4.05. The molecular weight excluding hydrogens is 248 g/mol. The summed E-state index contributed by atoms with van der Waals surface area (Å²) in [7, 11) is 0. The van der Waals surface area contributed by atoms with Gasteiger partial charge in [-0.3, -0.25) is 0 Å². The molecule has 104 valence electrons.